The van der Waals surface area contributed by atoms with Crippen LogP contribution in [0.2, 0.25) is 0 Å². The van der Waals surface area contributed by atoms with E-state index >= 15 is 0 Å². The van der Waals surface area contributed by atoms with Gasteiger partial charge in [0.15, 0.2) is 0 Å². The van der Waals surface area contributed by atoms with Crippen molar-refractivity contribution in [2.45, 2.75) is 25.8 Å². The zero-order chi connectivity index (χ0) is 16.1. The van der Waals surface area contributed by atoms with E-state index in [1.807, 2.05) is 11.4 Å². The fourth-order valence-corrected chi connectivity index (χ4v) is 3.30. The van der Waals surface area contributed by atoms with Crippen LogP contribution in [0, 0.1) is 0 Å². The predicted molar refractivity (Wildman–Crippen MR) is 86.8 cm³/mol. The van der Waals surface area contributed by atoms with Crippen molar-refractivity contribution in [2.24, 2.45) is 0 Å². The van der Waals surface area contributed by atoms with Crippen molar-refractivity contribution in [3.8, 4) is 5.00 Å². The van der Waals surface area contributed by atoms with Gasteiger partial charge in [-0.05, 0) is 53.9 Å². The first-order valence-corrected chi connectivity index (χ1v) is 8.68. The quantitative estimate of drug-likeness (QED) is 0.808. The zero-order valence-electron chi connectivity index (χ0n) is 12.8. The number of nitrogens with zero attached hydrogens (tertiary/aromatic N) is 5. The van der Waals surface area contributed by atoms with Crippen LogP contribution in [0.15, 0.2) is 22.3 Å². The summed E-state index contributed by atoms with van der Waals surface area (Å²) in [5.41, 5.74) is -0.404. The molecule has 8 nitrogen and oxygen atoms in total. The molecule has 0 atom stereocenters. The number of piperidine rings is 1. The Morgan fingerprint density at radius 1 is 1.26 bits per heavy atom. The smallest absolute Gasteiger partial charge is 0.353 e. The van der Waals surface area contributed by atoms with Gasteiger partial charge in [0.1, 0.15) is 11.5 Å². The van der Waals surface area contributed by atoms with Crippen LogP contribution in [0.3, 0.4) is 0 Å². The lowest BCUT2D eigenvalue weighted by Crippen LogP contribution is -2.39. The molecule has 2 aromatic rings. The van der Waals surface area contributed by atoms with Crippen molar-refractivity contribution in [2.75, 3.05) is 26.2 Å². The number of carbonyl (C=O) groups is 1. The molecule has 0 unspecified atom stereocenters. The number of rotatable bonds is 6. The van der Waals surface area contributed by atoms with E-state index < -0.39 is 5.69 Å². The normalized spacial score (nSPS) is 15.7. The van der Waals surface area contributed by atoms with E-state index in [0.717, 1.165) is 24.3 Å². The molecule has 1 saturated heterocycles. The number of likely N-dealkylation sites (tertiary alicyclic amines) is 1. The Morgan fingerprint density at radius 2 is 2.09 bits per heavy atom. The van der Waals surface area contributed by atoms with Gasteiger partial charge in [0.2, 0.25) is 5.91 Å². The van der Waals surface area contributed by atoms with Gasteiger partial charge >= 0.3 is 5.69 Å². The van der Waals surface area contributed by atoms with E-state index in [2.05, 4.69) is 20.6 Å². The standard InChI is InChI=1S/C14H20N6O2S/c21-12(15-6-9-18-7-2-1-3-8-18)11-19-14(22)20(17-16-19)13-5-4-10-23-13/h4-5,10H,1-3,6-9,11H2,(H,15,21). The van der Waals surface area contributed by atoms with Gasteiger partial charge in [-0.1, -0.05) is 6.42 Å². The fourth-order valence-electron chi connectivity index (χ4n) is 2.63. The molecule has 0 spiro atoms. The number of nitrogens with one attached hydrogen (secondary N) is 1. The molecule has 0 aromatic carbocycles. The van der Waals surface area contributed by atoms with Crippen LogP contribution in [0.4, 0.5) is 0 Å². The van der Waals surface area contributed by atoms with Gasteiger partial charge in [-0.2, -0.15) is 9.36 Å². The Morgan fingerprint density at radius 3 is 2.83 bits per heavy atom. The molecule has 0 saturated carbocycles. The largest absolute Gasteiger partial charge is 0.369 e. The second kappa shape index (κ2) is 7.51. The van der Waals surface area contributed by atoms with Crippen LogP contribution >= 0.6 is 11.3 Å². The number of amides is 1. The molecule has 0 aliphatic carbocycles. The van der Waals surface area contributed by atoms with Crippen molar-refractivity contribution >= 4 is 17.2 Å². The van der Waals surface area contributed by atoms with Crippen molar-refractivity contribution in [1.29, 1.82) is 0 Å². The maximum atomic E-state index is 12.1. The van der Waals surface area contributed by atoms with E-state index in [1.54, 1.807) is 6.07 Å². The monoisotopic (exact) mass is 336 g/mol. The van der Waals surface area contributed by atoms with Crippen LogP contribution in [-0.2, 0) is 11.3 Å². The Kier molecular flexibility index (Phi) is 5.19. The van der Waals surface area contributed by atoms with Crippen LogP contribution in [0.1, 0.15) is 19.3 Å². The number of carbonyl (C=O) groups excluding carboxylic acids is 1. The molecule has 23 heavy (non-hydrogen) atoms. The van der Waals surface area contributed by atoms with Crippen molar-refractivity contribution in [3.63, 3.8) is 0 Å². The minimum absolute atomic E-state index is 0.107. The Bertz CT molecular complexity index is 686. The number of hydrogen-bond acceptors (Lipinski definition) is 6. The van der Waals surface area contributed by atoms with E-state index in [4.69, 9.17) is 0 Å². The number of aromatic nitrogens is 4. The molecule has 1 amide bonds. The molecular weight excluding hydrogens is 316 g/mol. The fraction of sp³-hybridized carbons (Fsp3) is 0.571. The number of tetrazole rings is 1. The first-order valence-electron chi connectivity index (χ1n) is 7.80. The third-order valence-corrected chi connectivity index (χ3v) is 4.69. The van der Waals surface area contributed by atoms with Gasteiger partial charge in [0, 0.05) is 13.1 Å². The highest BCUT2D eigenvalue weighted by molar-refractivity contribution is 7.12. The minimum atomic E-state index is -0.404. The highest BCUT2D eigenvalue weighted by Gasteiger charge is 2.13. The lowest BCUT2D eigenvalue weighted by molar-refractivity contribution is -0.122. The summed E-state index contributed by atoms with van der Waals surface area (Å²) < 4.78 is 2.28. The van der Waals surface area contributed by atoms with Gasteiger partial charge in [-0.3, -0.25) is 4.79 Å². The average Bonchev–Trinajstić information content (AvgIpc) is 3.19. The molecule has 0 radical (unpaired) electrons. The average molecular weight is 336 g/mol. The van der Waals surface area contributed by atoms with Gasteiger partial charge in [0.05, 0.1) is 0 Å². The van der Waals surface area contributed by atoms with Crippen LogP contribution in [0.25, 0.3) is 5.00 Å². The summed E-state index contributed by atoms with van der Waals surface area (Å²) in [5.74, 6) is -0.220. The third-order valence-electron chi connectivity index (χ3n) is 3.85. The second-order valence-corrected chi connectivity index (χ2v) is 6.46. The van der Waals surface area contributed by atoms with E-state index in [-0.39, 0.29) is 12.5 Å². The Labute approximate surface area is 137 Å². The van der Waals surface area contributed by atoms with Crippen LogP contribution in [0.5, 0.6) is 0 Å². The van der Waals surface area contributed by atoms with Crippen molar-refractivity contribution in [3.05, 3.63) is 28.0 Å². The predicted octanol–water partition coefficient (Wildman–Crippen LogP) is 0.0926. The SMILES string of the molecule is O=C(Cn1nnn(-c2cccs2)c1=O)NCCN1CCCCC1. The first-order chi connectivity index (χ1) is 11.2. The lowest BCUT2D eigenvalue weighted by atomic mass is 10.1. The maximum Gasteiger partial charge on any atom is 0.369 e. The molecule has 1 aliphatic heterocycles. The molecule has 1 aliphatic rings. The Balaban J connectivity index is 1.49. The van der Waals surface area contributed by atoms with Crippen LogP contribution < -0.4 is 11.0 Å². The highest BCUT2D eigenvalue weighted by Crippen LogP contribution is 2.10. The van der Waals surface area contributed by atoms with Gasteiger partial charge in [0.25, 0.3) is 0 Å². The molecule has 1 fully saturated rings. The van der Waals surface area contributed by atoms with E-state index in [9.17, 15) is 9.59 Å². The van der Waals surface area contributed by atoms with E-state index in [1.165, 1.54) is 35.3 Å². The number of hydrogen-bond donors (Lipinski definition) is 1. The number of thiophene rings is 1. The van der Waals surface area contributed by atoms with Gasteiger partial charge in [-0.15, -0.1) is 11.3 Å². The molecule has 1 N–H and O–H groups in total. The summed E-state index contributed by atoms with van der Waals surface area (Å²) in [5, 5.41) is 12.9. The summed E-state index contributed by atoms with van der Waals surface area (Å²) in [6.45, 7) is 3.54. The lowest BCUT2D eigenvalue weighted by Gasteiger charge is -2.26. The second-order valence-electron chi connectivity index (χ2n) is 5.53. The Hall–Kier alpha value is -2.00. The summed E-state index contributed by atoms with van der Waals surface area (Å²) in [6.07, 6.45) is 3.76. The molecule has 124 valence electrons. The molecule has 3 heterocycles. The van der Waals surface area contributed by atoms with E-state index in [0.29, 0.717) is 11.5 Å². The topological polar surface area (TPSA) is 85.0 Å². The minimum Gasteiger partial charge on any atom is -0.353 e. The van der Waals surface area contributed by atoms with Gasteiger partial charge in [-0.25, -0.2) is 4.79 Å². The first kappa shape index (κ1) is 15.9. The summed E-state index contributed by atoms with van der Waals surface area (Å²) in [7, 11) is 0. The van der Waals surface area contributed by atoms with Crippen molar-refractivity contribution in [1.82, 2.24) is 30.0 Å². The third kappa shape index (κ3) is 4.05. The summed E-state index contributed by atoms with van der Waals surface area (Å²) in [6, 6.07) is 3.61. The molecule has 2 aromatic heterocycles. The molecule has 3 rings (SSSR count). The van der Waals surface area contributed by atoms with Crippen molar-refractivity contribution < 1.29 is 4.79 Å². The summed E-state index contributed by atoms with van der Waals surface area (Å²) >= 11 is 1.39. The van der Waals surface area contributed by atoms with Crippen LogP contribution in [-0.4, -0.2) is 56.8 Å². The molecular formula is C14H20N6O2S. The summed E-state index contributed by atoms with van der Waals surface area (Å²) in [4.78, 5) is 26.4. The molecule has 0 bridgehead atoms. The molecule has 9 heteroatoms. The zero-order valence-corrected chi connectivity index (χ0v) is 13.7. The highest BCUT2D eigenvalue weighted by atomic mass is 32.1. The maximum absolute atomic E-state index is 12.1. The van der Waals surface area contributed by atoms with Gasteiger partial charge < -0.3 is 10.2 Å².